The molecule has 2 heterocycles. The minimum atomic E-state index is 0. The first-order chi connectivity index (χ1) is 12.8. The second kappa shape index (κ2) is 11.1. The van der Waals surface area contributed by atoms with Gasteiger partial charge < -0.3 is 19.5 Å². The van der Waals surface area contributed by atoms with Crippen molar-refractivity contribution >= 4 is 12.4 Å². The summed E-state index contributed by atoms with van der Waals surface area (Å²) in [6.45, 7) is 4.84. The number of rotatable bonds is 8. The van der Waals surface area contributed by atoms with Crippen LogP contribution in [0.4, 0.5) is 0 Å². The summed E-state index contributed by atoms with van der Waals surface area (Å²) in [5.74, 6) is 1.50. The lowest BCUT2D eigenvalue weighted by Crippen LogP contribution is -2.45. The van der Waals surface area contributed by atoms with Crippen LogP contribution in [0.2, 0.25) is 0 Å². The van der Waals surface area contributed by atoms with E-state index in [-0.39, 0.29) is 12.4 Å². The summed E-state index contributed by atoms with van der Waals surface area (Å²) in [7, 11) is 3.33. The highest BCUT2D eigenvalue weighted by atomic mass is 35.5. The molecule has 7 heteroatoms. The number of methoxy groups -OCH3 is 2. The smallest absolute Gasteiger partial charge is 0.161 e. The number of ether oxygens (including phenoxy) is 3. The Hall–Kier alpha value is -1.86. The summed E-state index contributed by atoms with van der Waals surface area (Å²) in [5.41, 5.74) is 2.45. The van der Waals surface area contributed by atoms with Crippen molar-refractivity contribution in [2.24, 2.45) is 0 Å². The molecule has 1 saturated heterocycles. The van der Waals surface area contributed by atoms with Crippen LogP contribution < -0.4 is 14.8 Å². The number of pyridine rings is 1. The Labute approximate surface area is 167 Å². The topological polar surface area (TPSA) is 55.9 Å². The summed E-state index contributed by atoms with van der Waals surface area (Å²) in [6, 6.07) is 10.6. The van der Waals surface area contributed by atoms with Crippen LogP contribution in [0.3, 0.4) is 0 Å². The second-order valence-electron chi connectivity index (χ2n) is 6.30. The average Bonchev–Trinajstić information content (AvgIpc) is 2.70. The molecule has 1 aliphatic rings. The number of halogens is 1. The number of piperazine rings is 1. The van der Waals surface area contributed by atoms with Gasteiger partial charge in [0.05, 0.1) is 13.7 Å². The largest absolute Gasteiger partial charge is 0.493 e. The van der Waals surface area contributed by atoms with Crippen molar-refractivity contribution in [3.05, 3.63) is 53.9 Å². The molecule has 6 nitrogen and oxygen atoms in total. The van der Waals surface area contributed by atoms with Crippen molar-refractivity contribution in [2.75, 3.05) is 47.1 Å². The van der Waals surface area contributed by atoms with Crippen molar-refractivity contribution in [3.63, 3.8) is 0 Å². The van der Waals surface area contributed by atoms with Crippen LogP contribution in [-0.2, 0) is 11.3 Å². The first-order valence-corrected chi connectivity index (χ1v) is 8.95. The Bertz CT molecular complexity index is 687. The number of hydrogen-bond donors (Lipinski definition) is 1. The van der Waals surface area contributed by atoms with Crippen molar-refractivity contribution in [2.45, 2.75) is 12.6 Å². The van der Waals surface area contributed by atoms with Crippen LogP contribution >= 0.6 is 12.4 Å². The van der Waals surface area contributed by atoms with Crippen molar-refractivity contribution in [3.8, 4) is 11.5 Å². The van der Waals surface area contributed by atoms with E-state index in [9.17, 15) is 0 Å². The molecule has 1 fully saturated rings. The number of benzene rings is 1. The maximum Gasteiger partial charge on any atom is 0.161 e. The maximum absolute atomic E-state index is 5.72. The van der Waals surface area contributed by atoms with E-state index in [0.717, 1.165) is 37.7 Å². The molecule has 27 heavy (non-hydrogen) atoms. The van der Waals surface area contributed by atoms with Gasteiger partial charge >= 0.3 is 0 Å². The monoisotopic (exact) mass is 393 g/mol. The van der Waals surface area contributed by atoms with E-state index < -0.39 is 0 Å². The predicted molar refractivity (Wildman–Crippen MR) is 108 cm³/mol. The zero-order valence-corrected chi connectivity index (χ0v) is 16.7. The molecule has 3 rings (SSSR count). The molecule has 1 unspecified atom stereocenters. The zero-order valence-electron chi connectivity index (χ0n) is 15.9. The van der Waals surface area contributed by atoms with Crippen LogP contribution in [0.1, 0.15) is 17.2 Å². The average molecular weight is 394 g/mol. The van der Waals surface area contributed by atoms with Gasteiger partial charge in [-0.25, -0.2) is 0 Å². The number of nitrogens with zero attached hydrogens (tertiary/aromatic N) is 2. The van der Waals surface area contributed by atoms with Crippen LogP contribution in [0.15, 0.2) is 42.7 Å². The van der Waals surface area contributed by atoms with Gasteiger partial charge in [-0.05, 0) is 29.3 Å². The van der Waals surface area contributed by atoms with Crippen LogP contribution in [-0.4, -0.2) is 57.0 Å². The third kappa shape index (κ3) is 5.81. The number of aromatic nitrogens is 1. The van der Waals surface area contributed by atoms with E-state index in [1.54, 1.807) is 14.2 Å². The van der Waals surface area contributed by atoms with Crippen molar-refractivity contribution in [1.29, 1.82) is 0 Å². The number of nitrogens with one attached hydrogen (secondary N) is 1. The minimum absolute atomic E-state index is 0. The molecule has 0 aliphatic carbocycles. The standard InChI is InChI=1S/C20H27N3O3.ClH/c1-24-10-11-26-19-6-5-16(12-20(19)25-2)15-23-9-8-22-14-18(23)17-4-3-7-21-13-17;/h3-7,12-13,18,22H,8-11,14-15H2,1-2H3;1H. The SMILES string of the molecule is COCCOc1ccc(CN2CCNCC2c2cccnc2)cc1OC.Cl. The predicted octanol–water partition coefficient (Wildman–Crippen LogP) is 2.68. The summed E-state index contributed by atoms with van der Waals surface area (Å²) in [4.78, 5) is 6.75. The van der Waals surface area contributed by atoms with Crippen LogP contribution in [0.5, 0.6) is 11.5 Å². The fourth-order valence-corrected chi connectivity index (χ4v) is 3.24. The molecule has 1 atom stereocenters. The summed E-state index contributed by atoms with van der Waals surface area (Å²) in [6.07, 6.45) is 3.77. The molecule has 0 bridgehead atoms. The molecule has 0 radical (unpaired) electrons. The van der Waals surface area contributed by atoms with Gasteiger partial charge in [0.1, 0.15) is 6.61 Å². The summed E-state index contributed by atoms with van der Waals surface area (Å²) < 4.78 is 16.3. The molecule has 2 aromatic rings. The zero-order chi connectivity index (χ0) is 18.2. The van der Waals surface area contributed by atoms with E-state index in [0.29, 0.717) is 19.3 Å². The van der Waals surface area contributed by atoms with Gasteiger partial charge in [-0.3, -0.25) is 9.88 Å². The van der Waals surface area contributed by atoms with Crippen molar-refractivity contribution in [1.82, 2.24) is 15.2 Å². The Morgan fingerprint density at radius 3 is 2.81 bits per heavy atom. The third-order valence-corrected chi connectivity index (χ3v) is 4.58. The van der Waals surface area contributed by atoms with Gasteiger partial charge in [0.2, 0.25) is 0 Å². The third-order valence-electron chi connectivity index (χ3n) is 4.58. The van der Waals surface area contributed by atoms with Crippen LogP contribution in [0, 0.1) is 0 Å². The first-order valence-electron chi connectivity index (χ1n) is 8.95. The molecule has 148 valence electrons. The summed E-state index contributed by atoms with van der Waals surface area (Å²) in [5, 5.41) is 3.48. The molecule has 1 aromatic heterocycles. The van der Waals surface area contributed by atoms with Gasteiger partial charge in [0, 0.05) is 51.7 Å². The van der Waals surface area contributed by atoms with E-state index >= 15 is 0 Å². The minimum Gasteiger partial charge on any atom is -0.493 e. The van der Waals surface area contributed by atoms with E-state index in [1.165, 1.54) is 11.1 Å². The molecular formula is C20H28ClN3O3. The molecule has 0 saturated carbocycles. The highest BCUT2D eigenvalue weighted by molar-refractivity contribution is 5.85. The molecular weight excluding hydrogens is 366 g/mol. The van der Waals surface area contributed by atoms with E-state index in [1.807, 2.05) is 24.5 Å². The highest BCUT2D eigenvalue weighted by Gasteiger charge is 2.24. The van der Waals surface area contributed by atoms with Gasteiger partial charge in [0.25, 0.3) is 0 Å². The van der Waals surface area contributed by atoms with E-state index in [2.05, 4.69) is 33.4 Å². The second-order valence-corrected chi connectivity index (χ2v) is 6.30. The Morgan fingerprint density at radius 2 is 2.07 bits per heavy atom. The number of hydrogen-bond acceptors (Lipinski definition) is 6. The lowest BCUT2D eigenvalue weighted by atomic mass is 10.0. The fourth-order valence-electron chi connectivity index (χ4n) is 3.24. The fraction of sp³-hybridized carbons (Fsp3) is 0.450. The van der Waals surface area contributed by atoms with Crippen LogP contribution in [0.25, 0.3) is 0 Å². The Balaban J connectivity index is 0.00000261. The molecule has 1 aromatic carbocycles. The van der Waals surface area contributed by atoms with Gasteiger partial charge in [-0.1, -0.05) is 12.1 Å². The summed E-state index contributed by atoms with van der Waals surface area (Å²) >= 11 is 0. The Morgan fingerprint density at radius 1 is 1.19 bits per heavy atom. The first kappa shape index (κ1) is 21.4. The molecule has 0 spiro atoms. The molecule has 0 amide bonds. The maximum atomic E-state index is 5.72. The molecule has 1 N–H and O–H groups in total. The van der Waals surface area contributed by atoms with E-state index in [4.69, 9.17) is 14.2 Å². The quantitative estimate of drug-likeness (QED) is 0.696. The lowest BCUT2D eigenvalue weighted by molar-refractivity contribution is 0.143. The molecule has 1 aliphatic heterocycles. The van der Waals surface area contributed by atoms with Gasteiger partial charge in [-0.2, -0.15) is 0 Å². The highest BCUT2D eigenvalue weighted by Crippen LogP contribution is 2.30. The normalized spacial score (nSPS) is 17.2. The van der Waals surface area contributed by atoms with Gasteiger partial charge in [0.15, 0.2) is 11.5 Å². The lowest BCUT2D eigenvalue weighted by Gasteiger charge is -2.36. The van der Waals surface area contributed by atoms with Gasteiger partial charge in [-0.15, -0.1) is 12.4 Å². The Kier molecular flexibility index (Phi) is 8.81. The van der Waals surface area contributed by atoms with Crippen molar-refractivity contribution < 1.29 is 14.2 Å².